The van der Waals surface area contributed by atoms with Gasteiger partial charge in [-0.1, -0.05) is 46.9 Å². The van der Waals surface area contributed by atoms with Gasteiger partial charge in [-0.15, -0.1) is 0 Å². The van der Waals surface area contributed by atoms with E-state index in [-0.39, 0.29) is 13.1 Å². The topological polar surface area (TPSA) is 329 Å². The van der Waals surface area contributed by atoms with Crippen LogP contribution in [0.2, 0.25) is 0 Å². The zero-order chi connectivity index (χ0) is 53.9. The summed E-state index contributed by atoms with van der Waals surface area (Å²) < 4.78 is 19.3. The number of H-pyrrole nitrogens is 2. The number of nitrogens with one attached hydrogen (secondary N) is 7. The first kappa shape index (κ1) is 58.2. The van der Waals surface area contributed by atoms with E-state index < -0.39 is 59.3 Å². The Morgan fingerprint density at radius 2 is 1.14 bits per heavy atom. The van der Waals surface area contributed by atoms with Crippen molar-refractivity contribution in [2.24, 2.45) is 5.73 Å². The molecule has 0 radical (unpaired) electrons. The first-order chi connectivity index (χ1) is 34.5. The van der Waals surface area contributed by atoms with Gasteiger partial charge < -0.3 is 56.4 Å². The number of carbonyl (C=O) groups excluding carboxylic acids is 5. The van der Waals surface area contributed by atoms with E-state index in [9.17, 15) is 28.8 Å². The number of thiazole rings is 2. The van der Waals surface area contributed by atoms with Crippen LogP contribution < -0.4 is 32.3 Å². The lowest BCUT2D eigenvalue weighted by Crippen LogP contribution is -2.49. The van der Waals surface area contributed by atoms with Crippen LogP contribution in [-0.2, 0) is 41.4 Å². The number of hydrogen-bond donors (Lipinski definition) is 9. The first-order valence-corrected chi connectivity index (χ1v) is 24.7. The summed E-state index contributed by atoms with van der Waals surface area (Å²) in [5, 5.41) is 40.6. The van der Waals surface area contributed by atoms with E-state index in [0.717, 1.165) is 54.0 Å². The molecule has 0 saturated carbocycles. The number of aryl methyl sites for hydroxylation is 4. The fraction of sp³-hybridized carbons (Fsp3) is 0.458. The average Bonchev–Trinajstić information content (AvgIpc) is 4.16. The number of methoxy groups -OCH3 is 2. The van der Waals surface area contributed by atoms with Gasteiger partial charge in [-0.25, -0.2) is 29.1 Å². The molecule has 2 atom stereocenters. The molecule has 4 heterocycles. The third-order valence-corrected chi connectivity index (χ3v) is 12.2. The molecule has 0 unspecified atom stereocenters. The second-order valence-electron chi connectivity index (χ2n) is 18.2. The number of aromatic carboxylic acids is 1. The van der Waals surface area contributed by atoms with Gasteiger partial charge in [0.25, 0.3) is 5.91 Å². The minimum Gasteiger partial charge on any atom is -0.477 e. The molecule has 0 saturated heterocycles. The summed E-state index contributed by atoms with van der Waals surface area (Å²) in [7, 11) is 2.44. The van der Waals surface area contributed by atoms with E-state index >= 15 is 0 Å². The zero-order valence-corrected chi connectivity index (χ0v) is 44.3. The summed E-state index contributed by atoms with van der Waals surface area (Å²) in [6.07, 6.45) is 5.97. The largest absolute Gasteiger partial charge is 0.477 e. The summed E-state index contributed by atoms with van der Waals surface area (Å²) in [5.41, 5.74) is 9.76. The second kappa shape index (κ2) is 27.4. The van der Waals surface area contributed by atoms with Crippen LogP contribution in [0.3, 0.4) is 0 Å². The number of nitrogens with two attached hydrogens (primary N) is 1. The van der Waals surface area contributed by atoms with Gasteiger partial charge >= 0.3 is 30.1 Å². The monoisotopic (exact) mass is 1050 g/mol. The number of esters is 2. The summed E-state index contributed by atoms with van der Waals surface area (Å²) in [5.74, 6) is -2.67. The van der Waals surface area contributed by atoms with Crippen molar-refractivity contribution in [3.05, 3.63) is 81.1 Å². The van der Waals surface area contributed by atoms with Crippen molar-refractivity contribution in [2.45, 2.75) is 104 Å². The molecule has 10 N–H and O–H groups in total. The van der Waals surface area contributed by atoms with Crippen LogP contribution in [0.5, 0.6) is 0 Å². The maximum absolute atomic E-state index is 12.9. The molecule has 3 amide bonds. The van der Waals surface area contributed by atoms with Crippen molar-refractivity contribution in [1.29, 1.82) is 0 Å². The minimum absolute atomic E-state index is 0.0123. The van der Waals surface area contributed by atoms with Gasteiger partial charge in [-0.3, -0.25) is 19.8 Å². The van der Waals surface area contributed by atoms with Gasteiger partial charge in [0.2, 0.25) is 0 Å². The van der Waals surface area contributed by atoms with E-state index in [1.54, 1.807) is 55.4 Å². The molecule has 0 aliphatic rings. The Kier molecular flexibility index (Phi) is 21.9. The van der Waals surface area contributed by atoms with Gasteiger partial charge in [0, 0.05) is 30.4 Å². The molecule has 0 bridgehead atoms. The van der Waals surface area contributed by atoms with Crippen LogP contribution in [-0.4, -0.2) is 135 Å². The molecule has 23 nitrogen and oxygen atoms in total. The lowest BCUT2D eigenvalue weighted by atomic mass is 10.1. The molecule has 0 fully saturated rings. The van der Waals surface area contributed by atoms with Crippen molar-refractivity contribution in [2.75, 3.05) is 51.0 Å². The van der Waals surface area contributed by atoms with Crippen LogP contribution in [0.1, 0.15) is 96.2 Å². The highest BCUT2D eigenvalue weighted by atomic mass is 32.1. The van der Waals surface area contributed by atoms with Gasteiger partial charge in [0.15, 0.2) is 10.3 Å². The van der Waals surface area contributed by atoms with Gasteiger partial charge in [0.1, 0.15) is 33.0 Å². The molecule has 6 aromatic rings. The van der Waals surface area contributed by atoms with Crippen molar-refractivity contribution in [1.82, 2.24) is 46.3 Å². The average molecular weight is 1050 g/mol. The number of hydrogen-bond acceptors (Lipinski definition) is 19. The number of fused-ring (bicyclic) bond motifs is 2. The van der Waals surface area contributed by atoms with E-state index in [1.165, 1.54) is 48.0 Å². The quantitative estimate of drug-likeness (QED) is 0.0246. The summed E-state index contributed by atoms with van der Waals surface area (Å²) in [6.45, 7) is 15.1. The predicted octanol–water partition coefficient (Wildman–Crippen LogP) is 6.25. The van der Waals surface area contributed by atoms with Crippen LogP contribution in [0.25, 0.3) is 21.8 Å². The maximum Gasteiger partial charge on any atom is 0.407 e. The number of anilines is 2. The van der Waals surface area contributed by atoms with Crippen LogP contribution in [0.15, 0.2) is 48.8 Å². The number of rotatable bonds is 19. The lowest BCUT2D eigenvalue weighted by molar-refractivity contribution is -0.143. The van der Waals surface area contributed by atoms with E-state index in [1.807, 2.05) is 36.7 Å². The second-order valence-corrected chi connectivity index (χ2v) is 20.2. The fourth-order valence-electron chi connectivity index (χ4n) is 6.60. The molecule has 0 aliphatic heterocycles. The van der Waals surface area contributed by atoms with Crippen molar-refractivity contribution in [3.63, 3.8) is 0 Å². The van der Waals surface area contributed by atoms with Gasteiger partial charge in [-0.05, 0) is 104 Å². The smallest absolute Gasteiger partial charge is 0.407 e. The van der Waals surface area contributed by atoms with Crippen molar-refractivity contribution >= 4 is 90.7 Å². The molecule has 73 heavy (non-hydrogen) atoms. The summed E-state index contributed by atoms with van der Waals surface area (Å²) in [6, 6.07) is 10.3. The van der Waals surface area contributed by atoms with Crippen LogP contribution in [0, 0.1) is 13.8 Å². The Morgan fingerprint density at radius 1 is 0.685 bits per heavy atom. The van der Waals surface area contributed by atoms with Gasteiger partial charge in [-0.2, -0.15) is 10.2 Å². The molecule has 2 aromatic carbocycles. The number of amides is 3. The normalized spacial score (nSPS) is 11.9. The highest BCUT2D eigenvalue weighted by molar-refractivity contribution is 7.17. The molecule has 6 rings (SSSR count). The fourth-order valence-corrected chi connectivity index (χ4v) is 8.32. The highest BCUT2D eigenvalue weighted by Crippen LogP contribution is 2.25. The number of alkyl carbamates (subject to hydrolysis) is 2. The van der Waals surface area contributed by atoms with Gasteiger partial charge in [0.05, 0.1) is 55.6 Å². The van der Waals surface area contributed by atoms with E-state index in [2.05, 4.69) is 73.8 Å². The first-order valence-electron chi connectivity index (χ1n) is 23.1. The van der Waals surface area contributed by atoms with E-state index in [0.29, 0.717) is 38.0 Å². The number of carbonyl (C=O) groups is 6. The Morgan fingerprint density at radius 3 is 1.58 bits per heavy atom. The molecule has 4 aromatic heterocycles. The number of carboxylic acid groups (broad SMARTS) is 1. The number of ether oxygens (including phenoxy) is 4. The predicted molar refractivity (Wildman–Crippen MR) is 278 cm³/mol. The number of nitrogens with zero attached hydrogens (tertiary/aromatic N) is 4. The molecule has 0 spiro atoms. The summed E-state index contributed by atoms with van der Waals surface area (Å²) in [4.78, 5) is 79.3. The third kappa shape index (κ3) is 19.3. The number of aromatic nitrogens is 6. The Hall–Kier alpha value is -7.38. The SMILES string of the molecule is COC(=O)[C@@H](N)CNC(=O)OC(C)(C)C.COC(=O)[C@H](CNC(=O)OC(C)(C)C)NC(=O)c1sc(NCCCc2cccc3[nH]ncc23)nc1C.Cc1nc(NCCCc2cccc3[nH]ncc23)sc1C(=O)O. The summed E-state index contributed by atoms with van der Waals surface area (Å²) >= 11 is 2.38. The Balaban J connectivity index is 0.000000264. The molecular formula is C48H66N12O11S2. The maximum atomic E-state index is 12.9. The number of aromatic amines is 2. The Bertz CT molecular complexity index is 2790. The lowest BCUT2D eigenvalue weighted by Gasteiger charge is -2.21. The van der Waals surface area contributed by atoms with Crippen molar-refractivity contribution in [3.8, 4) is 0 Å². The molecular weight excluding hydrogens is 985 g/mol. The van der Waals surface area contributed by atoms with Crippen molar-refractivity contribution < 1.29 is 52.8 Å². The zero-order valence-electron chi connectivity index (χ0n) is 42.6. The Labute approximate surface area is 430 Å². The van der Waals surface area contributed by atoms with Crippen LogP contribution >= 0.6 is 22.7 Å². The van der Waals surface area contributed by atoms with Crippen LogP contribution in [0.4, 0.5) is 19.9 Å². The number of carboxylic acids is 1. The standard InChI is InChI=1S/C24H32N6O5S.C15H16N4O2S.C9H18N2O4/c1-14-19(20(31)29-18(21(32)34-5)13-26-23(33)35-24(2,3)4)36-22(28-14)25-11-7-9-15-8-6-10-17-16(15)12-27-30-17;1-9-13(14(20)21)22-15(18-9)16-7-3-5-10-4-2-6-12-11(10)8-17-19-12;1-9(2,3)15-8(13)11-5-6(10)7(12)14-4/h6,8,10,12,18H,7,9,11,13H2,1-5H3,(H,25,28)(H,26,33)(H,27,30)(H,29,31);2,4,6,8H,3,5,7H2,1H3,(H,16,18)(H,17,19)(H,20,21);6H,5,10H2,1-4H3,(H,11,13)/t18-;;6-/m0.0/s1. The van der Waals surface area contributed by atoms with E-state index in [4.69, 9.17) is 25.1 Å². The minimum atomic E-state index is -1.08. The highest BCUT2D eigenvalue weighted by Gasteiger charge is 2.27. The molecule has 396 valence electrons. The third-order valence-electron chi connectivity index (χ3n) is 9.95. The number of benzene rings is 2. The molecule has 0 aliphatic carbocycles. The molecule has 25 heteroatoms.